The Bertz CT molecular complexity index is 378. The first kappa shape index (κ1) is 16.1. The van der Waals surface area contributed by atoms with Gasteiger partial charge in [-0.25, -0.2) is 4.79 Å². The lowest BCUT2D eigenvalue weighted by atomic mass is 9.94. The molecule has 21 heavy (non-hydrogen) atoms. The second-order valence-electron chi connectivity index (χ2n) is 6.44. The van der Waals surface area contributed by atoms with Crippen molar-refractivity contribution in [2.45, 2.75) is 44.7 Å². The van der Waals surface area contributed by atoms with Crippen LogP contribution in [0.4, 0.5) is 4.79 Å². The molecule has 2 N–H and O–H groups in total. The van der Waals surface area contributed by atoms with E-state index < -0.39 is 0 Å². The first-order valence-corrected chi connectivity index (χ1v) is 7.99. The standard InChI is InChI=1S/C15H28N4O2/c1-11-13(5-4-8-16-11)17-14(20)12-6-9-19(10-7-12)15(21)18(2)3/h11-13,16H,4-10H2,1-3H3,(H,17,20). The molecule has 2 atom stereocenters. The van der Waals surface area contributed by atoms with E-state index in [2.05, 4.69) is 17.6 Å². The molecule has 2 rings (SSSR count). The van der Waals surface area contributed by atoms with Gasteiger partial charge in [0.1, 0.15) is 0 Å². The van der Waals surface area contributed by atoms with E-state index in [9.17, 15) is 9.59 Å². The number of hydrogen-bond acceptors (Lipinski definition) is 3. The monoisotopic (exact) mass is 296 g/mol. The number of amides is 3. The summed E-state index contributed by atoms with van der Waals surface area (Å²) >= 11 is 0. The highest BCUT2D eigenvalue weighted by atomic mass is 16.2. The van der Waals surface area contributed by atoms with Gasteiger partial charge in [-0.05, 0) is 39.2 Å². The number of piperidine rings is 2. The minimum atomic E-state index is 0.0407. The predicted molar refractivity (Wildman–Crippen MR) is 82.0 cm³/mol. The van der Waals surface area contributed by atoms with Crippen LogP contribution in [-0.4, -0.2) is 67.6 Å². The van der Waals surface area contributed by atoms with E-state index >= 15 is 0 Å². The minimum Gasteiger partial charge on any atom is -0.352 e. The van der Waals surface area contributed by atoms with Crippen LogP contribution in [-0.2, 0) is 4.79 Å². The number of urea groups is 1. The Morgan fingerprint density at radius 1 is 1.19 bits per heavy atom. The van der Waals surface area contributed by atoms with Gasteiger partial charge in [-0.2, -0.15) is 0 Å². The Morgan fingerprint density at radius 2 is 1.86 bits per heavy atom. The molecule has 0 spiro atoms. The van der Waals surface area contributed by atoms with Crippen molar-refractivity contribution in [2.24, 2.45) is 5.92 Å². The Labute approximate surface area is 127 Å². The smallest absolute Gasteiger partial charge is 0.319 e. The summed E-state index contributed by atoms with van der Waals surface area (Å²) in [4.78, 5) is 27.7. The van der Waals surface area contributed by atoms with Crippen LogP contribution in [0.5, 0.6) is 0 Å². The Morgan fingerprint density at radius 3 is 2.43 bits per heavy atom. The first-order valence-electron chi connectivity index (χ1n) is 7.99. The average molecular weight is 296 g/mol. The van der Waals surface area contributed by atoms with Crippen LogP contribution in [0, 0.1) is 5.92 Å². The molecule has 0 aromatic carbocycles. The third-order valence-electron chi connectivity index (χ3n) is 4.61. The molecule has 2 saturated heterocycles. The van der Waals surface area contributed by atoms with Crippen molar-refractivity contribution < 1.29 is 9.59 Å². The first-order chi connectivity index (χ1) is 9.99. The molecule has 0 aliphatic carbocycles. The van der Waals surface area contributed by atoms with Crippen molar-refractivity contribution in [1.82, 2.24) is 20.4 Å². The average Bonchev–Trinajstić information content (AvgIpc) is 2.49. The quantitative estimate of drug-likeness (QED) is 0.786. The Hall–Kier alpha value is -1.30. The molecule has 2 unspecified atom stereocenters. The third kappa shape index (κ3) is 4.09. The Balaban J connectivity index is 1.79. The van der Waals surface area contributed by atoms with Gasteiger partial charge in [-0.3, -0.25) is 4.79 Å². The number of carbonyl (C=O) groups is 2. The molecule has 2 heterocycles. The third-order valence-corrected chi connectivity index (χ3v) is 4.61. The lowest BCUT2D eigenvalue weighted by molar-refractivity contribution is -0.127. The van der Waals surface area contributed by atoms with Gasteiger partial charge in [0.05, 0.1) is 0 Å². The fourth-order valence-electron chi connectivity index (χ4n) is 3.16. The van der Waals surface area contributed by atoms with E-state index in [-0.39, 0.29) is 23.9 Å². The highest BCUT2D eigenvalue weighted by molar-refractivity contribution is 5.80. The highest BCUT2D eigenvalue weighted by Gasteiger charge is 2.30. The largest absolute Gasteiger partial charge is 0.352 e. The summed E-state index contributed by atoms with van der Waals surface area (Å²) in [5.74, 6) is 0.206. The number of carbonyl (C=O) groups excluding carboxylic acids is 2. The lowest BCUT2D eigenvalue weighted by Gasteiger charge is -2.35. The van der Waals surface area contributed by atoms with Crippen molar-refractivity contribution in [3.8, 4) is 0 Å². The van der Waals surface area contributed by atoms with Crippen molar-refractivity contribution in [3.63, 3.8) is 0 Å². The van der Waals surface area contributed by atoms with Gasteiger partial charge in [-0.1, -0.05) is 0 Å². The second-order valence-corrected chi connectivity index (χ2v) is 6.44. The summed E-state index contributed by atoms with van der Waals surface area (Å²) in [5, 5.41) is 6.59. The summed E-state index contributed by atoms with van der Waals surface area (Å²) < 4.78 is 0. The fraction of sp³-hybridized carbons (Fsp3) is 0.867. The van der Waals surface area contributed by atoms with E-state index in [0.717, 1.165) is 32.2 Å². The fourth-order valence-corrected chi connectivity index (χ4v) is 3.16. The number of rotatable bonds is 2. The minimum absolute atomic E-state index is 0.0407. The molecule has 0 radical (unpaired) electrons. The highest BCUT2D eigenvalue weighted by Crippen LogP contribution is 2.19. The maximum Gasteiger partial charge on any atom is 0.319 e. The Kier molecular flexibility index (Phi) is 5.45. The van der Waals surface area contributed by atoms with Gasteiger partial charge in [0.25, 0.3) is 0 Å². The zero-order valence-electron chi connectivity index (χ0n) is 13.4. The van der Waals surface area contributed by atoms with Gasteiger partial charge >= 0.3 is 6.03 Å². The molecule has 0 bridgehead atoms. The van der Waals surface area contributed by atoms with E-state index in [1.807, 2.05) is 4.90 Å². The van der Waals surface area contributed by atoms with Gasteiger partial charge in [0, 0.05) is 45.2 Å². The molecule has 120 valence electrons. The summed E-state index contributed by atoms with van der Waals surface area (Å²) in [6.07, 6.45) is 3.70. The number of nitrogens with zero attached hydrogens (tertiary/aromatic N) is 2. The van der Waals surface area contributed by atoms with Crippen molar-refractivity contribution in [1.29, 1.82) is 0 Å². The van der Waals surface area contributed by atoms with Crippen molar-refractivity contribution >= 4 is 11.9 Å². The summed E-state index contributed by atoms with van der Waals surface area (Å²) in [6, 6.07) is 0.629. The van der Waals surface area contributed by atoms with Crippen LogP contribution in [0.25, 0.3) is 0 Å². The normalized spacial score (nSPS) is 27.3. The lowest BCUT2D eigenvalue weighted by Crippen LogP contribution is -2.54. The molecule has 3 amide bonds. The number of nitrogens with one attached hydrogen (secondary N) is 2. The zero-order valence-corrected chi connectivity index (χ0v) is 13.4. The maximum atomic E-state index is 12.4. The molecule has 2 fully saturated rings. The summed E-state index contributed by atoms with van der Waals surface area (Å²) in [6.45, 7) is 4.52. The van der Waals surface area contributed by atoms with Crippen molar-refractivity contribution in [2.75, 3.05) is 33.7 Å². The molecule has 0 saturated carbocycles. The van der Waals surface area contributed by atoms with Gasteiger partial charge in [0.2, 0.25) is 5.91 Å². The van der Waals surface area contributed by atoms with Crippen LogP contribution >= 0.6 is 0 Å². The molecule has 0 aromatic rings. The second kappa shape index (κ2) is 7.11. The van der Waals surface area contributed by atoms with Crippen LogP contribution in [0.2, 0.25) is 0 Å². The van der Waals surface area contributed by atoms with Gasteiger partial charge in [0.15, 0.2) is 0 Å². The van der Waals surface area contributed by atoms with E-state index in [4.69, 9.17) is 0 Å². The van der Waals surface area contributed by atoms with Crippen LogP contribution in [0.1, 0.15) is 32.6 Å². The maximum absolute atomic E-state index is 12.4. The molecule has 2 aliphatic rings. The zero-order chi connectivity index (χ0) is 15.4. The van der Waals surface area contributed by atoms with Crippen molar-refractivity contribution in [3.05, 3.63) is 0 Å². The van der Waals surface area contributed by atoms with E-state index in [1.54, 1.807) is 19.0 Å². The van der Waals surface area contributed by atoms with Gasteiger partial charge < -0.3 is 20.4 Å². The SMILES string of the molecule is CC1NCCCC1NC(=O)C1CCN(C(=O)N(C)C)CC1. The van der Waals surface area contributed by atoms with Crippen LogP contribution in [0.15, 0.2) is 0 Å². The molecular weight excluding hydrogens is 268 g/mol. The van der Waals surface area contributed by atoms with Crippen LogP contribution < -0.4 is 10.6 Å². The molecule has 2 aliphatic heterocycles. The predicted octanol–water partition coefficient (Wildman–Crippen LogP) is 0.637. The van der Waals surface area contributed by atoms with E-state index in [0.29, 0.717) is 19.1 Å². The van der Waals surface area contributed by atoms with E-state index in [1.165, 1.54) is 0 Å². The molecule has 6 heteroatoms. The van der Waals surface area contributed by atoms with Crippen LogP contribution in [0.3, 0.4) is 0 Å². The summed E-state index contributed by atoms with van der Waals surface area (Å²) in [7, 11) is 3.52. The molecule has 6 nitrogen and oxygen atoms in total. The van der Waals surface area contributed by atoms with Gasteiger partial charge in [-0.15, -0.1) is 0 Å². The topological polar surface area (TPSA) is 64.7 Å². The molecular formula is C15H28N4O2. The summed E-state index contributed by atoms with van der Waals surface area (Å²) in [5.41, 5.74) is 0. The molecule has 0 aromatic heterocycles. The number of hydrogen-bond donors (Lipinski definition) is 2. The number of likely N-dealkylation sites (tertiary alicyclic amines) is 1.